The highest BCUT2D eigenvalue weighted by Gasteiger charge is 2.23. The molecule has 0 atom stereocenters. The Morgan fingerprint density at radius 1 is 0.912 bits per heavy atom. The van der Waals surface area contributed by atoms with Crippen LogP contribution in [0, 0.1) is 0 Å². The summed E-state index contributed by atoms with van der Waals surface area (Å²) in [7, 11) is -2.13. The highest BCUT2D eigenvalue weighted by molar-refractivity contribution is 7.89. The van der Waals surface area contributed by atoms with E-state index in [2.05, 4.69) is 10.6 Å². The minimum Gasteiger partial charge on any atom is -0.495 e. The maximum absolute atomic E-state index is 12.9. The summed E-state index contributed by atoms with van der Waals surface area (Å²) in [4.78, 5) is 12.9. The number of hydrogen-bond acceptors (Lipinski definition) is 5. The predicted molar refractivity (Wildman–Crippen MR) is 136 cm³/mol. The molecule has 0 radical (unpaired) electrons. The molecule has 3 aromatic carbocycles. The van der Waals surface area contributed by atoms with Crippen molar-refractivity contribution in [1.82, 2.24) is 4.31 Å². The van der Waals surface area contributed by atoms with Gasteiger partial charge in [-0.1, -0.05) is 62.4 Å². The molecule has 0 fully saturated rings. The average molecular weight is 482 g/mol. The van der Waals surface area contributed by atoms with Gasteiger partial charge in [0.05, 0.1) is 24.2 Å². The molecule has 34 heavy (non-hydrogen) atoms. The first-order chi connectivity index (χ1) is 16.4. The number of nitrogens with zero attached hydrogens (tertiary/aromatic N) is 1. The Bertz CT molecular complexity index is 1210. The van der Waals surface area contributed by atoms with Crippen LogP contribution in [0.25, 0.3) is 0 Å². The van der Waals surface area contributed by atoms with E-state index in [-0.39, 0.29) is 17.3 Å². The van der Waals surface area contributed by atoms with Crippen molar-refractivity contribution < 1.29 is 17.9 Å². The normalized spacial score (nSPS) is 11.3. The van der Waals surface area contributed by atoms with Gasteiger partial charge in [-0.25, -0.2) is 8.42 Å². The third-order valence-corrected chi connectivity index (χ3v) is 7.53. The van der Waals surface area contributed by atoms with Gasteiger partial charge >= 0.3 is 0 Å². The van der Waals surface area contributed by atoms with Gasteiger partial charge in [-0.2, -0.15) is 4.31 Å². The Labute approximate surface area is 201 Å². The van der Waals surface area contributed by atoms with E-state index in [9.17, 15) is 13.2 Å². The standard InChI is InChI=1S/C26H31N3O4S/c1-4-29(5-2)34(31,32)22-15-16-25(33-3)24(18-22)27-19-26(30)28-23-14-10-9-13-21(23)17-20-11-7-6-8-12-20/h6-16,18,27H,4-5,17,19H2,1-3H3,(H,28,30). The van der Waals surface area contributed by atoms with Crippen LogP contribution >= 0.6 is 0 Å². The van der Waals surface area contributed by atoms with E-state index in [0.29, 0.717) is 30.9 Å². The molecule has 180 valence electrons. The Morgan fingerprint density at radius 3 is 2.26 bits per heavy atom. The molecule has 2 N–H and O–H groups in total. The zero-order chi connectivity index (χ0) is 24.6. The Morgan fingerprint density at radius 2 is 1.59 bits per heavy atom. The Kier molecular flexibility index (Phi) is 8.67. The number of nitrogens with one attached hydrogen (secondary N) is 2. The molecule has 0 heterocycles. The summed E-state index contributed by atoms with van der Waals surface area (Å²) >= 11 is 0. The van der Waals surface area contributed by atoms with Gasteiger partial charge in [-0.3, -0.25) is 4.79 Å². The average Bonchev–Trinajstić information content (AvgIpc) is 2.85. The lowest BCUT2D eigenvalue weighted by atomic mass is 10.0. The summed E-state index contributed by atoms with van der Waals surface area (Å²) in [5.74, 6) is 0.204. The molecule has 7 nitrogen and oxygen atoms in total. The van der Waals surface area contributed by atoms with Crippen molar-refractivity contribution in [3.05, 3.63) is 83.9 Å². The molecule has 1 amide bonds. The highest BCUT2D eigenvalue weighted by Crippen LogP contribution is 2.29. The van der Waals surface area contributed by atoms with Crippen molar-refractivity contribution in [3.63, 3.8) is 0 Å². The third-order valence-electron chi connectivity index (χ3n) is 5.48. The van der Waals surface area contributed by atoms with Crippen molar-refractivity contribution in [3.8, 4) is 5.75 Å². The zero-order valence-corrected chi connectivity index (χ0v) is 20.6. The number of sulfonamides is 1. The molecular formula is C26H31N3O4S. The Hall–Kier alpha value is -3.36. The van der Waals surface area contributed by atoms with E-state index in [1.54, 1.807) is 19.9 Å². The first kappa shape index (κ1) is 25.3. The van der Waals surface area contributed by atoms with E-state index in [4.69, 9.17) is 4.74 Å². The first-order valence-electron chi connectivity index (χ1n) is 11.2. The maximum Gasteiger partial charge on any atom is 0.243 e. The molecule has 0 aliphatic rings. The second-order valence-corrected chi connectivity index (χ2v) is 9.61. The molecule has 0 unspecified atom stereocenters. The molecule has 8 heteroatoms. The van der Waals surface area contributed by atoms with Crippen LogP contribution in [0.4, 0.5) is 11.4 Å². The molecule has 0 aliphatic carbocycles. The van der Waals surface area contributed by atoms with Gasteiger partial charge in [0.2, 0.25) is 15.9 Å². The van der Waals surface area contributed by atoms with Gasteiger partial charge in [0, 0.05) is 18.8 Å². The van der Waals surface area contributed by atoms with E-state index in [0.717, 1.165) is 16.8 Å². The van der Waals surface area contributed by atoms with Gasteiger partial charge < -0.3 is 15.4 Å². The third kappa shape index (κ3) is 6.15. The van der Waals surface area contributed by atoms with Gasteiger partial charge in [0.15, 0.2) is 0 Å². The van der Waals surface area contributed by atoms with Crippen molar-refractivity contribution in [2.45, 2.75) is 25.2 Å². The smallest absolute Gasteiger partial charge is 0.243 e. The highest BCUT2D eigenvalue weighted by atomic mass is 32.2. The van der Waals surface area contributed by atoms with Crippen LogP contribution < -0.4 is 15.4 Å². The minimum absolute atomic E-state index is 0.0508. The number of carbonyl (C=O) groups excluding carboxylic acids is 1. The van der Waals surface area contributed by atoms with Gasteiger partial charge in [0.25, 0.3) is 0 Å². The van der Waals surface area contributed by atoms with Crippen LogP contribution in [0.2, 0.25) is 0 Å². The van der Waals surface area contributed by atoms with Gasteiger partial charge in [0.1, 0.15) is 5.75 Å². The Balaban J connectivity index is 1.73. The van der Waals surface area contributed by atoms with Gasteiger partial charge in [-0.05, 0) is 41.8 Å². The number of anilines is 2. The number of methoxy groups -OCH3 is 1. The predicted octanol–water partition coefficient (Wildman–Crippen LogP) is 4.37. The topological polar surface area (TPSA) is 87.7 Å². The van der Waals surface area contributed by atoms with Crippen LogP contribution in [-0.4, -0.2) is 45.4 Å². The van der Waals surface area contributed by atoms with E-state index in [1.165, 1.54) is 23.5 Å². The number of carbonyl (C=O) groups is 1. The fourth-order valence-corrected chi connectivity index (χ4v) is 5.17. The number of ether oxygens (including phenoxy) is 1. The van der Waals surface area contributed by atoms with Crippen molar-refractivity contribution >= 4 is 27.3 Å². The summed E-state index contributed by atoms with van der Waals surface area (Å²) in [6, 6.07) is 22.3. The molecular weight excluding hydrogens is 450 g/mol. The molecule has 3 rings (SSSR count). The molecule has 0 bridgehead atoms. The van der Waals surface area contributed by atoms with Crippen LogP contribution in [0.3, 0.4) is 0 Å². The lowest BCUT2D eigenvalue weighted by Crippen LogP contribution is -2.30. The molecule has 0 saturated heterocycles. The SMILES string of the molecule is CCN(CC)S(=O)(=O)c1ccc(OC)c(NCC(=O)Nc2ccccc2Cc2ccccc2)c1. The van der Waals surface area contributed by atoms with Crippen molar-refractivity contribution in [1.29, 1.82) is 0 Å². The van der Waals surface area contributed by atoms with Gasteiger partial charge in [-0.15, -0.1) is 0 Å². The lowest BCUT2D eigenvalue weighted by Gasteiger charge is -2.20. The number of para-hydroxylation sites is 1. The fourth-order valence-electron chi connectivity index (χ4n) is 3.68. The summed E-state index contributed by atoms with van der Waals surface area (Å²) in [6.07, 6.45) is 0.698. The summed E-state index contributed by atoms with van der Waals surface area (Å²) in [5.41, 5.74) is 3.33. The van der Waals surface area contributed by atoms with Crippen LogP contribution in [0.5, 0.6) is 5.75 Å². The first-order valence-corrected chi connectivity index (χ1v) is 12.7. The number of hydrogen-bond donors (Lipinski definition) is 2. The second kappa shape index (κ2) is 11.7. The summed E-state index contributed by atoms with van der Waals surface area (Å²) in [6.45, 7) is 4.29. The van der Waals surface area contributed by atoms with E-state index in [1.807, 2.05) is 54.6 Å². The second-order valence-electron chi connectivity index (χ2n) is 7.67. The molecule has 0 spiro atoms. The largest absolute Gasteiger partial charge is 0.495 e. The number of rotatable bonds is 11. The molecule has 0 saturated carbocycles. The lowest BCUT2D eigenvalue weighted by molar-refractivity contribution is -0.114. The zero-order valence-electron chi connectivity index (χ0n) is 19.7. The van der Waals surface area contributed by atoms with Crippen molar-refractivity contribution in [2.75, 3.05) is 37.4 Å². The van der Waals surface area contributed by atoms with Crippen LogP contribution in [-0.2, 0) is 21.2 Å². The number of amides is 1. The van der Waals surface area contributed by atoms with Crippen LogP contribution in [0.1, 0.15) is 25.0 Å². The molecule has 0 aliphatic heterocycles. The maximum atomic E-state index is 12.9. The minimum atomic E-state index is -3.63. The van der Waals surface area contributed by atoms with Crippen LogP contribution in [0.15, 0.2) is 77.7 Å². The summed E-state index contributed by atoms with van der Waals surface area (Å²) < 4.78 is 32.5. The quantitative estimate of drug-likeness (QED) is 0.425. The fraction of sp³-hybridized carbons (Fsp3) is 0.269. The van der Waals surface area contributed by atoms with E-state index < -0.39 is 10.0 Å². The van der Waals surface area contributed by atoms with E-state index >= 15 is 0 Å². The molecule has 0 aromatic heterocycles. The molecule has 3 aromatic rings. The summed E-state index contributed by atoms with van der Waals surface area (Å²) in [5, 5.41) is 5.97. The monoisotopic (exact) mass is 481 g/mol. The number of benzene rings is 3. The van der Waals surface area contributed by atoms with Crippen molar-refractivity contribution in [2.24, 2.45) is 0 Å².